The van der Waals surface area contributed by atoms with E-state index in [4.69, 9.17) is 22.1 Å². The van der Waals surface area contributed by atoms with E-state index < -0.39 is 17.6 Å². The fraction of sp³-hybridized carbons (Fsp3) is 0.100. The van der Waals surface area contributed by atoms with Crippen molar-refractivity contribution in [3.8, 4) is 5.69 Å². The van der Waals surface area contributed by atoms with Gasteiger partial charge in [0.2, 0.25) is 11.9 Å². The van der Waals surface area contributed by atoms with Crippen molar-refractivity contribution in [3.63, 3.8) is 0 Å². The molecule has 2 heterocycles. The topological polar surface area (TPSA) is 134 Å². The van der Waals surface area contributed by atoms with Gasteiger partial charge in [-0.2, -0.15) is 15.0 Å². The monoisotopic (exact) mass is 472 g/mol. The van der Waals surface area contributed by atoms with Crippen LogP contribution >= 0.6 is 11.6 Å². The van der Waals surface area contributed by atoms with Crippen molar-refractivity contribution in [3.05, 3.63) is 76.3 Å². The molecule has 2 aromatic carbocycles. The van der Waals surface area contributed by atoms with Crippen LogP contribution in [0.3, 0.4) is 0 Å². The minimum absolute atomic E-state index is 0.0536. The van der Waals surface area contributed by atoms with Crippen LogP contribution in [-0.4, -0.2) is 35.9 Å². The van der Waals surface area contributed by atoms with Crippen LogP contribution in [0.15, 0.2) is 42.5 Å². The number of benzene rings is 2. The number of nitrogen functional groups attached to an aromatic ring is 1. The van der Waals surface area contributed by atoms with Crippen LogP contribution in [0.1, 0.15) is 22.0 Å². The Bertz CT molecular complexity index is 1330. The first-order valence-corrected chi connectivity index (χ1v) is 9.76. The van der Waals surface area contributed by atoms with Gasteiger partial charge in [-0.05, 0) is 49.4 Å². The lowest BCUT2D eigenvalue weighted by Gasteiger charge is -2.08. The highest BCUT2D eigenvalue weighted by molar-refractivity contribution is 6.30. The largest absolute Gasteiger partial charge is 0.453 e. The van der Waals surface area contributed by atoms with Crippen LogP contribution in [0, 0.1) is 18.6 Å². The molecule has 0 aliphatic carbocycles. The molecular formula is C20H15ClF2N8O2. The molecule has 0 fully saturated rings. The molecule has 2 aromatic heterocycles. The second-order valence-corrected chi connectivity index (χ2v) is 7.08. The van der Waals surface area contributed by atoms with E-state index in [1.54, 1.807) is 6.92 Å². The Hall–Kier alpha value is -4.19. The van der Waals surface area contributed by atoms with Crippen LogP contribution in [-0.2, 0) is 11.3 Å². The number of aromatic nitrogens is 6. The molecule has 3 N–H and O–H groups in total. The van der Waals surface area contributed by atoms with Crippen LogP contribution in [0.25, 0.3) is 5.69 Å². The van der Waals surface area contributed by atoms with E-state index >= 15 is 0 Å². The summed E-state index contributed by atoms with van der Waals surface area (Å²) < 4.78 is 33.0. The lowest BCUT2D eigenvalue weighted by atomic mass is 10.3. The van der Waals surface area contributed by atoms with Crippen LogP contribution in [0.2, 0.25) is 5.02 Å². The van der Waals surface area contributed by atoms with Crippen LogP contribution < -0.4 is 11.1 Å². The van der Waals surface area contributed by atoms with E-state index in [1.165, 1.54) is 47.1 Å². The molecule has 0 atom stereocenters. The molecule has 10 nitrogen and oxygen atoms in total. The third-order valence-corrected chi connectivity index (χ3v) is 4.66. The van der Waals surface area contributed by atoms with Gasteiger partial charge in [0, 0.05) is 5.69 Å². The summed E-state index contributed by atoms with van der Waals surface area (Å²) in [5, 5.41) is 10.5. The zero-order valence-corrected chi connectivity index (χ0v) is 17.7. The highest BCUT2D eigenvalue weighted by Crippen LogP contribution is 2.20. The molecular weight excluding hydrogens is 458 g/mol. The fourth-order valence-electron chi connectivity index (χ4n) is 2.80. The first-order chi connectivity index (χ1) is 15.8. The van der Waals surface area contributed by atoms with E-state index in [9.17, 15) is 13.6 Å². The second-order valence-electron chi connectivity index (χ2n) is 6.68. The number of esters is 1. The molecule has 4 aromatic rings. The molecule has 0 spiro atoms. The lowest BCUT2D eigenvalue weighted by molar-refractivity contribution is 0.0454. The fourth-order valence-corrected chi connectivity index (χ4v) is 2.97. The Balaban J connectivity index is 1.46. The molecule has 33 heavy (non-hydrogen) atoms. The first-order valence-electron chi connectivity index (χ1n) is 9.38. The van der Waals surface area contributed by atoms with Gasteiger partial charge < -0.3 is 15.8 Å². The Morgan fingerprint density at radius 3 is 2.64 bits per heavy atom. The maximum absolute atomic E-state index is 13.4. The van der Waals surface area contributed by atoms with E-state index in [-0.39, 0.29) is 35.0 Å². The third kappa shape index (κ3) is 5.01. The smallest absolute Gasteiger partial charge is 0.361 e. The molecule has 4 rings (SSSR count). The molecule has 0 saturated heterocycles. The lowest BCUT2D eigenvalue weighted by Crippen LogP contribution is -2.12. The summed E-state index contributed by atoms with van der Waals surface area (Å²) in [6, 6.07) is 9.51. The van der Waals surface area contributed by atoms with E-state index in [0.717, 1.165) is 0 Å². The highest BCUT2D eigenvalue weighted by Gasteiger charge is 2.20. The predicted octanol–water partition coefficient (Wildman–Crippen LogP) is 3.38. The van der Waals surface area contributed by atoms with Gasteiger partial charge in [0.25, 0.3) is 0 Å². The Morgan fingerprint density at radius 1 is 1.15 bits per heavy atom. The number of anilines is 3. The van der Waals surface area contributed by atoms with Crippen molar-refractivity contribution in [1.82, 2.24) is 29.9 Å². The first kappa shape index (κ1) is 22.0. The van der Waals surface area contributed by atoms with Gasteiger partial charge in [-0.1, -0.05) is 16.8 Å². The number of nitrogens with zero attached hydrogens (tertiary/aromatic N) is 6. The standard InChI is InChI=1S/C20H15ClF2N8O2/c1-10-17(29-30-31(10)13-6-7-15(23)14(21)8-13)18(32)33-9-16-26-19(24)28-20(27-16)25-12-4-2-11(22)3-5-12/h2-8H,9H2,1H3,(H3,24,25,26,27,28). The van der Waals surface area contributed by atoms with Gasteiger partial charge in [0.15, 0.2) is 18.1 Å². The maximum atomic E-state index is 13.4. The number of rotatable bonds is 6. The highest BCUT2D eigenvalue weighted by atomic mass is 35.5. The molecule has 168 valence electrons. The average Bonchev–Trinajstić information content (AvgIpc) is 3.16. The molecule has 0 amide bonds. The van der Waals surface area contributed by atoms with Crippen molar-refractivity contribution < 1.29 is 18.3 Å². The molecule has 0 bridgehead atoms. The van der Waals surface area contributed by atoms with Gasteiger partial charge in [-0.25, -0.2) is 18.3 Å². The summed E-state index contributed by atoms with van der Waals surface area (Å²) in [5.74, 6) is -1.68. The van der Waals surface area contributed by atoms with Gasteiger partial charge in [0.05, 0.1) is 16.4 Å². The van der Waals surface area contributed by atoms with E-state index in [2.05, 4.69) is 30.6 Å². The average molecular weight is 473 g/mol. The Kier molecular flexibility index (Phi) is 6.09. The second kappa shape index (κ2) is 9.12. The van der Waals surface area contributed by atoms with Crippen LogP contribution in [0.5, 0.6) is 0 Å². The summed E-state index contributed by atoms with van der Waals surface area (Å²) in [5.41, 5.74) is 6.96. The quantitative estimate of drug-likeness (QED) is 0.405. The van der Waals surface area contributed by atoms with E-state index in [0.29, 0.717) is 17.1 Å². The minimum Gasteiger partial charge on any atom is -0.453 e. The van der Waals surface area contributed by atoms with Gasteiger partial charge in [0.1, 0.15) is 11.6 Å². The number of ether oxygens (including phenoxy) is 1. The van der Waals surface area contributed by atoms with Crippen molar-refractivity contribution in [2.75, 3.05) is 11.1 Å². The van der Waals surface area contributed by atoms with Gasteiger partial charge in [-0.15, -0.1) is 5.10 Å². The summed E-state index contributed by atoms with van der Waals surface area (Å²) in [6.45, 7) is 1.28. The molecule has 0 unspecified atom stereocenters. The van der Waals surface area contributed by atoms with Crippen molar-refractivity contribution in [1.29, 1.82) is 0 Å². The summed E-state index contributed by atoms with van der Waals surface area (Å²) in [4.78, 5) is 24.5. The number of nitrogens with one attached hydrogen (secondary N) is 1. The minimum atomic E-state index is -0.779. The number of carbonyl (C=O) groups excluding carboxylic acids is 1. The Labute approximate surface area is 190 Å². The van der Waals surface area contributed by atoms with Gasteiger partial charge in [-0.3, -0.25) is 0 Å². The molecule has 0 aliphatic heterocycles. The maximum Gasteiger partial charge on any atom is 0.361 e. The van der Waals surface area contributed by atoms with E-state index in [1.807, 2.05) is 0 Å². The molecule has 0 aliphatic rings. The number of carbonyl (C=O) groups is 1. The molecule has 0 saturated carbocycles. The zero-order chi connectivity index (χ0) is 23.5. The summed E-state index contributed by atoms with van der Waals surface area (Å²) in [7, 11) is 0. The SMILES string of the molecule is Cc1c(C(=O)OCc2nc(N)nc(Nc3ccc(F)cc3)n2)nnn1-c1ccc(F)c(Cl)c1. The third-order valence-electron chi connectivity index (χ3n) is 4.37. The number of halogens is 3. The van der Waals surface area contributed by atoms with Crippen molar-refractivity contribution >= 4 is 35.2 Å². The normalized spacial score (nSPS) is 10.8. The van der Waals surface area contributed by atoms with Gasteiger partial charge >= 0.3 is 5.97 Å². The molecule has 13 heteroatoms. The number of nitrogens with two attached hydrogens (primary N) is 1. The number of hydrogen-bond acceptors (Lipinski definition) is 9. The van der Waals surface area contributed by atoms with Crippen molar-refractivity contribution in [2.45, 2.75) is 13.5 Å². The zero-order valence-electron chi connectivity index (χ0n) is 17.0. The predicted molar refractivity (Wildman–Crippen MR) is 114 cm³/mol. The summed E-state index contributed by atoms with van der Waals surface area (Å²) in [6.07, 6.45) is 0. The van der Waals surface area contributed by atoms with Crippen LogP contribution in [0.4, 0.5) is 26.4 Å². The molecule has 0 radical (unpaired) electrons. The Morgan fingerprint density at radius 2 is 1.91 bits per heavy atom. The number of hydrogen-bond donors (Lipinski definition) is 2. The van der Waals surface area contributed by atoms with Crippen molar-refractivity contribution in [2.24, 2.45) is 0 Å². The summed E-state index contributed by atoms with van der Waals surface area (Å²) >= 11 is 5.81.